The number of nitro groups is 1. The summed E-state index contributed by atoms with van der Waals surface area (Å²) in [7, 11) is -4.82. The first-order valence-electron chi connectivity index (χ1n) is 9.45. The molecule has 3 aromatic carbocycles. The zero-order chi connectivity index (χ0) is 26.2. The van der Waals surface area contributed by atoms with Gasteiger partial charge in [-0.1, -0.05) is 40.9 Å². The molecular formula is C21H19Cl3N4O5S2. The van der Waals surface area contributed by atoms with Crippen LogP contribution >= 0.6 is 34.8 Å². The van der Waals surface area contributed by atoms with Crippen molar-refractivity contribution in [3.8, 4) is 0 Å². The van der Waals surface area contributed by atoms with Gasteiger partial charge < -0.3 is 0 Å². The highest BCUT2D eigenvalue weighted by Gasteiger charge is 2.22. The Hall–Kier alpha value is -2.70. The van der Waals surface area contributed by atoms with Crippen LogP contribution < -0.4 is 10.1 Å². The molecule has 0 atom stereocenters. The molecule has 3 aromatic rings. The molecule has 0 saturated carbocycles. The van der Waals surface area contributed by atoms with E-state index in [0.29, 0.717) is 20.6 Å². The maximum atomic E-state index is 12.9. The van der Waals surface area contributed by atoms with E-state index in [4.69, 9.17) is 34.8 Å². The number of nitrogens with zero attached hydrogens (tertiary/aromatic N) is 2. The standard InChI is InChI=1S/C19H13Cl3N4O4S.C2H6OS/c20-12-4-6-13(7-5-12)25-31(29,30)19-10-14(26(27)28)8-9-18(19)24-23-11-15-16(21)2-1-3-17(15)22;1-4(2)3/h1-11,24-25H;1-2H3. The summed E-state index contributed by atoms with van der Waals surface area (Å²) in [4.78, 5) is 10.1. The molecular weight excluding hydrogens is 559 g/mol. The Morgan fingerprint density at radius 1 is 1.00 bits per heavy atom. The van der Waals surface area contributed by atoms with Gasteiger partial charge in [0, 0.05) is 51.7 Å². The van der Waals surface area contributed by atoms with Crippen LogP contribution in [0, 0.1) is 10.1 Å². The lowest BCUT2D eigenvalue weighted by Gasteiger charge is -2.12. The first-order valence-corrected chi connectivity index (χ1v) is 14.0. The molecule has 0 bridgehead atoms. The number of nitro benzene ring substituents is 1. The Morgan fingerprint density at radius 3 is 2.11 bits per heavy atom. The second-order valence-corrected chi connectivity index (χ2v) is 11.2. The molecule has 0 aliphatic rings. The molecule has 0 radical (unpaired) electrons. The van der Waals surface area contributed by atoms with Crippen molar-refractivity contribution >= 4 is 78.9 Å². The highest BCUT2D eigenvalue weighted by atomic mass is 35.5. The molecule has 0 amide bonds. The fraction of sp³-hybridized carbons (Fsp3) is 0.0952. The summed E-state index contributed by atoms with van der Waals surface area (Å²) >= 11 is 18.0. The summed E-state index contributed by atoms with van der Waals surface area (Å²) in [6, 6.07) is 14.1. The van der Waals surface area contributed by atoms with Gasteiger partial charge >= 0.3 is 0 Å². The van der Waals surface area contributed by atoms with E-state index < -0.39 is 31.4 Å². The lowest BCUT2D eigenvalue weighted by Crippen LogP contribution is -2.15. The average Bonchev–Trinajstić information content (AvgIpc) is 2.77. The molecule has 186 valence electrons. The van der Waals surface area contributed by atoms with E-state index >= 15 is 0 Å². The number of hydrogen-bond donors (Lipinski definition) is 2. The number of non-ortho nitro benzene ring substituents is 1. The first kappa shape index (κ1) is 28.5. The van der Waals surface area contributed by atoms with Gasteiger partial charge in [-0.15, -0.1) is 0 Å². The molecule has 0 saturated heterocycles. The molecule has 0 spiro atoms. The third-order valence-corrected chi connectivity index (χ3v) is 6.27. The highest BCUT2D eigenvalue weighted by Crippen LogP contribution is 2.29. The minimum absolute atomic E-state index is 0.00601. The van der Waals surface area contributed by atoms with E-state index in [1.807, 2.05) is 0 Å². The van der Waals surface area contributed by atoms with E-state index in [-0.39, 0.29) is 16.3 Å². The van der Waals surface area contributed by atoms with E-state index in [2.05, 4.69) is 15.2 Å². The number of halogens is 3. The van der Waals surface area contributed by atoms with Gasteiger partial charge in [-0.3, -0.25) is 24.5 Å². The Bertz CT molecular complexity index is 1340. The Kier molecular flexibility index (Phi) is 10.5. The number of benzene rings is 3. The maximum absolute atomic E-state index is 12.9. The van der Waals surface area contributed by atoms with Gasteiger partial charge in [-0.25, -0.2) is 8.42 Å². The van der Waals surface area contributed by atoms with E-state index in [1.54, 1.807) is 30.7 Å². The van der Waals surface area contributed by atoms with Crippen LogP contribution in [0.2, 0.25) is 15.1 Å². The third-order valence-electron chi connectivity index (χ3n) is 3.94. The lowest BCUT2D eigenvalue weighted by atomic mass is 10.2. The van der Waals surface area contributed by atoms with Crippen LogP contribution in [0.4, 0.5) is 17.1 Å². The summed E-state index contributed by atoms with van der Waals surface area (Å²) in [6.07, 6.45) is 4.59. The summed E-state index contributed by atoms with van der Waals surface area (Å²) in [5.41, 5.74) is 2.83. The summed E-state index contributed by atoms with van der Waals surface area (Å²) in [5.74, 6) is 0. The number of anilines is 2. The molecule has 0 unspecified atom stereocenters. The molecule has 0 aromatic heterocycles. The highest BCUT2D eigenvalue weighted by molar-refractivity contribution is 7.92. The van der Waals surface area contributed by atoms with Crippen molar-refractivity contribution in [1.29, 1.82) is 0 Å². The fourth-order valence-electron chi connectivity index (χ4n) is 2.47. The smallest absolute Gasteiger partial charge is 0.270 e. The summed E-state index contributed by atoms with van der Waals surface area (Å²) in [5, 5.41) is 16.3. The molecule has 2 N–H and O–H groups in total. The molecule has 35 heavy (non-hydrogen) atoms. The number of hydrazone groups is 1. The van der Waals surface area contributed by atoms with Gasteiger partial charge in [-0.2, -0.15) is 5.10 Å². The van der Waals surface area contributed by atoms with Crippen molar-refractivity contribution in [2.75, 3.05) is 22.7 Å². The van der Waals surface area contributed by atoms with Gasteiger partial charge in [0.25, 0.3) is 15.7 Å². The minimum atomic E-state index is -4.21. The van der Waals surface area contributed by atoms with Gasteiger partial charge in [0.05, 0.1) is 26.9 Å². The van der Waals surface area contributed by atoms with Crippen LogP contribution in [0.3, 0.4) is 0 Å². The number of rotatable bonds is 7. The number of hydrogen-bond acceptors (Lipinski definition) is 7. The van der Waals surface area contributed by atoms with Crippen molar-refractivity contribution in [2.45, 2.75) is 4.90 Å². The van der Waals surface area contributed by atoms with Gasteiger partial charge in [0.1, 0.15) is 4.90 Å². The second kappa shape index (κ2) is 12.8. The lowest BCUT2D eigenvalue weighted by molar-refractivity contribution is -0.385. The van der Waals surface area contributed by atoms with Crippen molar-refractivity contribution in [1.82, 2.24) is 0 Å². The van der Waals surface area contributed by atoms with Crippen molar-refractivity contribution in [2.24, 2.45) is 5.10 Å². The normalized spacial score (nSPS) is 11.1. The maximum Gasteiger partial charge on any atom is 0.270 e. The molecule has 0 aliphatic carbocycles. The first-order chi connectivity index (χ1) is 16.4. The van der Waals surface area contributed by atoms with E-state index in [0.717, 1.165) is 12.1 Å². The van der Waals surface area contributed by atoms with Crippen LogP contribution in [0.1, 0.15) is 5.56 Å². The van der Waals surface area contributed by atoms with Crippen molar-refractivity contribution in [3.63, 3.8) is 0 Å². The molecule has 14 heteroatoms. The van der Waals surface area contributed by atoms with Crippen LogP contribution in [0.5, 0.6) is 0 Å². The van der Waals surface area contributed by atoms with Crippen LogP contribution in [-0.2, 0) is 20.8 Å². The molecule has 0 fully saturated rings. The predicted octanol–water partition coefficient (Wildman–Crippen LogP) is 5.80. The van der Waals surface area contributed by atoms with Crippen LogP contribution in [0.25, 0.3) is 0 Å². The summed E-state index contributed by atoms with van der Waals surface area (Å²) < 4.78 is 37.8. The number of nitrogens with one attached hydrogen (secondary N) is 2. The monoisotopic (exact) mass is 576 g/mol. The molecule has 0 heterocycles. The Labute approximate surface area is 219 Å². The Morgan fingerprint density at radius 2 is 1.57 bits per heavy atom. The minimum Gasteiger partial charge on any atom is -0.280 e. The zero-order valence-electron chi connectivity index (χ0n) is 18.2. The zero-order valence-corrected chi connectivity index (χ0v) is 22.1. The topological polar surface area (TPSA) is 131 Å². The fourth-order valence-corrected chi connectivity index (χ4v) is 4.32. The van der Waals surface area contributed by atoms with Gasteiger partial charge in [0.2, 0.25) is 0 Å². The van der Waals surface area contributed by atoms with Gasteiger partial charge in [-0.05, 0) is 42.5 Å². The van der Waals surface area contributed by atoms with E-state index in [9.17, 15) is 22.7 Å². The SMILES string of the molecule is CS(C)=O.O=[N+]([O-])c1ccc(NN=Cc2c(Cl)cccc2Cl)c(S(=O)(=O)Nc2ccc(Cl)cc2)c1. The van der Waals surface area contributed by atoms with Crippen LogP contribution in [0.15, 0.2) is 70.7 Å². The second-order valence-electron chi connectivity index (χ2n) is 6.80. The van der Waals surface area contributed by atoms with Crippen molar-refractivity contribution in [3.05, 3.63) is 91.4 Å². The molecule has 9 nitrogen and oxygen atoms in total. The van der Waals surface area contributed by atoms with E-state index in [1.165, 1.54) is 36.5 Å². The largest absolute Gasteiger partial charge is 0.280 e. The average molecular weight is 578 g/mol. The predicted molar refractivity (Wildman–Crippen MR) is 143 cm³/mol. The van der Waals surface area contributed by atoms with Gasteiger partial charge in [0.15, 0.2) is 0 Å². The molecule has 0 aliphatic heterocycles. The Balaban J connectivity index is 0.00000100. The molecule has 3 rings (SSSR count). The quantitative estimate of drug-likeness (QED) is 0.207. The third kappa shape index (κ3) is 8.79. The van der Waals surface area contributed by atoms with Crippen LogP contribution in [-0.4, -0.2) is 36.3 Å². The van der Waals surface area contributed by atoms with Crippen molar-refractivity contribution < 1.29 is 17.6 Å². The summed E-state index contributed by atoms with van der Waals surface area (Å²) in [6.45, 7) is 0. The number of sulfonamides is 1.